The third kappa shape index (κ3) is 4.65. The van der Waals surface area contributed by atoms with Crippen molar-refractivity contribution < 1.29 is 19.0 Å². The summed E-state index contributed by atoms with van der Waals surface area (Å²) in [6.45, 7) is 3.88. The highest BCUT2D eigenvalue weighted by atomic mass is 16.5. The van der Waals surface area contributed by atoms with Gasteiger partial charge in [0.2, 0.25) is 0 Å². The van der Waals surface area contributed by atoms with Crippen LogP contribution in [0.1, 0.15) is 24.1 Å². The third-order valence-corrected chi connectivity index (χ3v) is 3.68. The predicted molar refractivity (Wildman–Crippen MR) is 92.8 cm³/mol. The number of rotatable bonds is 7. The molecule has 5 heteroatoms. The van der Waals surface area contributed by atoms with Gasteiger partial charge in [0.25, 0.3) is 5.91 Å². The highest BCUT2D eigenvalue weighted by Crippen LogP contribution is 2.29. The van der Waals surface area contributed by atoms with Gasteiger partial charge in [-0.25, -0.2) is 0 Å². The van der Waals surface area contributed by atoms with Crippen LogP contribution in [-0.4, -0.2) is 26.7 Å². The van der Waals surface area contributed by atoms with E-state index in [-0.39, 0.29) is 18.6 Å². The van der Waals surface area contributed by atoms with Gasteiger partial charge in [0.15, 0.2) is 18.1 Å². The molecule has 1 N–H and O–H groups in total. The predicted octanol–water partition coefficient (Wildman–Crippen LogP) is 3.27. The molecule has 0 aliphatic carbocycles. The van der Waals surface area contributed by atoms with Gasteiger partial charge in [-0.2, -0.15) is 0 Å². The summed E-state index contributed by atoms with van der Waals surface area (Å²) in [6, 6.07) is 13.0. The molecule has 128 valence electrons. The molecular weight excluding hydrogens is 306 g/mol. The van der Waals surface area contributed by atoms with E-state index in [0.717, 1.165) is 11.1 Å². The highest BCUT2D eigenvalue weighted by molar-refractivity contribution is 5.78. The largest absolute Gasteiger partial charge is 0.493 e. The molecule has 0 bridgehead atoms. The number of nitrogens with one attached hydrogen (secondary N) is 1. The van der Waals surface area contributed by atoms with Crippen molar-refractivity contribution in [1.29, 1.82) is 0 Å². The van der Waals surface area contributed by atoms with Gasteiger partial charge in [-0.05, 0) is 43.7 Å². The number of amides is 1. The number of methoxy groups -OCH3 is 2. The third-order valence-electron chi connectivity index (χ3n) is 3.68. The van der Waals surface area contributed by atoms with E-state index < -0.39 is 0 Å². The first-order valence-electron chi connectivity index (χ1n) is 7.74. The first kappa shape index (κ1) is 17.7. The lowest BCUT2D eigenvalue weighted by Gasteiger charge is -2.17. The summed E-state index contributed by atoms with van der Waals surface area (Å²) in [5, 5.41) is 2.91. The van der Waals surface area contributed by atoms with Gasteiger partial charge in [0, 0.05) is 0 Å². The SMILES string of the molecule is COc1ccc(C(C)NC(=O)COc2ccc(C)cc2)cc1OC. The summed E-state index contributed by atoms with van der Waals surface area (Å²) >= 11 is 0. The molecule has 0 aliphatic heterocycles. The van der Waals surface area contributed by atoms with Crippen molar-refractivity contribution in [3.8, 4) is 17.2 Å². The Morgan fingerprint density at radius 2 is 1.71 bits per heavy atom. The number of hydrogen-bond acceptors (Lipinski definition) is 4. The number of hydrogen-bond donors (Lipinski definition) is 1. The zero-order valence-corrected chi connectivity index (χ0v) is 14.5. The minimum Gasteiger partial charge on any atom is -0.493 e. The van der Waals surface area contributed by atoms with Crippen LogP contribution in [0.15, 0.2) is 42.5 Å². The quantitative estimate of drug-likeness (QED) is 0.847. The average molecular weight is 329 g/mol. The van der Waals surface area contributed by atoms with Gasteiger partial charge in [0.1, 0.15) is 5.75 Å². The fraction of sp³-hybridized carbons (Fsp3) is 0.316. The zero-order chi connectivity index (χ0) is 17.5. The Hall–Kier alpha value is -2.69. The number of carbonyl (C=O) groups excluding carboxylic acids is 1. The lowest BCUT2D eigenvalue weighted by molar-refractivity contribution is -0.123. The van der Waals surface area contributed by atoms with E-state index in [0.29, 0.717) is 17.2 Å². The van der Waals surface area contributed by atoms with E-state index in [1.54, 1.807) is 14.2 Å². The number of ether oxygens (including phenoxy) is 3. The number of carbonyl (C=O) groups is 1. The Kier molecular flexibility index (Phi) is 6.07. The molecule has 2 aromatic carbocycles. The van der Waals surface area contributed by atoms with Gasteiger partial charge < -0.3 is 19.5 Å². The first-order valence-corrected chi connectivity index (χ1v) is 7.74. The molecule has 1 atom stereocenters. The molecule has 5 nitrogen and oxygen atoms in total. The van der Waals surface area contributed by atoms with Gasteiger partial charge in [-0.1, -0.05) is 23.8 Å². The summed E-state index contributed by atoms with van der Waals surface area (Å²) in [5.41, 5.74) is 2.07. The molecule has 0 saturated carbocycles. The maximum absolute atomic E-state index is 12.1. The van der Waals surface area contributed by atoms with Crippen molar-refractivity contribution in [1.82, 2.24) is 5.32 Å². The van der Waals surface area contributed by atoms with Gasteiger partial charge in [-0.3, -0.25) is 4.79 Å². The summed E-state index contributed by atoms with van der Waals surface area (Å²) in [5.74, 6) is 1.78. The van der Waals surface area contributed by atoms with E-state index in [9.17, 15) is 4.79 Å². The number of benzene rings is 2. The standard InChI is InChI=1S/C19H23NO4/c1-13-5-8-16(9-6-13)24-12-19(21)20-14(2)15-7-10-17(22-3)18(11-15)23-4/h5-11,14H,12H2,1-4H3,(H,20,21). The maximum Gasteiger partial charge on any atom is 0.258 e. The highest BCUT2D eigenvalue weighted by Gasteiger charge is 2.13. The Morgan fingerprint density at radius 3 is 2.33 bits per heavy atom. The molecule has 0 fully saturated rings. The Balaban J connectivity index is 1.92. The molecule has 0 spiro atoms. The molecular formula is C19H23NO4. The Morgan fingerprint density at radius 1 is 1.04 bits per heavy atom. The minimum absolute atomic E-state index is 0.0271. The second kappa shape index (κ2) is 8.24. The van der Waals surface area contributed by atoms with Crippen LogP contribution in [0.5, 0.6) is 17.2 Å². The van der Waals surface area contributed by atoms with Crippen LogP contribution in [-0.2, 0) is 4.79 Å². The van der Waals surface area contributed by atoms with Crippen LogP contribution in [0, 0.1) is 6.92 Å². The molecule has 0 aliphatic rings. The Bertz CT molecular complexity index is 682. The molecule has 0 saturated heterocycles. The second-order valence-corrected chi connectivity index (χ2v) is 5.51. The molecule has 0 radical (unpaired) electrons. The van der Waals surface area contributed by atoms with Crippen LogP contribution in [0.4, 0.5) is 0 Å². The molecule has 2 rings (SSSR count). The average Bonchev–Trinajstić information content (AvgIpc) is 2.60. The summed E-state index contributed by atoms with van der Waals surface area (Å²) in [4.78, 5) is 12.1. The lowest BCUT2D eigenvalue weighted by atomic mass is 10.1. The first-order chi connectivity index (χ1) is 11.5. The lowest BCUT2D eigenvalue weighted by Crippen LogP contribution is -2.31. The fourth-order valence-corrected chi connectivity index (χ4v) is 2.27. The topological polar surface area (TPSA) is 56.8 Å². The van der Waals surface area contributed by atoms with E-state index in [4.69, 9.17) is 14.2 Å². The van der Waals surface area contributed by atoms with Crippen LogP contribution in [0.3, 0.4) is 0 Å². The van der Waals surface area contributed by atoms with Crippen molar-refractivity contribution in [2.75, 3.05) is 20.8 Å². The van der Waals surface area contributed by atoms with Crippen LogP contribution in [0.2, 0.25) is 0 Å². The van der Waals surface area contributed by atoms with E-state index >= 15 is 0 Å². The van der Waals surface area contributed by atoms with Gasteiger partial charge >= 0.3 is 0 Å². The second-order valence-electron chi connectivity index (χ2n) is 5.51. The van der Waals surface area contributed by atoms with E-state index in [1.165, 1.54) is 0 Å². The van der Waals surface area contributed by atoms with Crippen molar-refractivity contribution in [2.24, 2.45) is 0 Å². The van der Waals surface area contributed by atoms with Gasteiger partial charge in [0.05, 0.1) is 20.3 Å². The van der Waals surface area contributed by atoms with Crippen molar-refractivity contribution in [3.05, 3.63) is 53.6 Å². The van der Waals surface area contributed by atoms with Gasteiger partial charge in [-0.15, -0.1) is 0 Å². The Labute approximate surface area is 142 Å². The smallest absolute Gasteiger partial charge is 0.258 e. The molecule has 0 heterocycles. The van der Waals surface area contributed by atoms with Crippen molar-refractivity contribution >= 4 is 5.91 Å². The fourth-order valence-electron chi connectivity index (χ4n) is 2.27. The molecule has 0 aromatic heterocycles. The van der Waals surface area contributed by atoms with E-state index in [1.807, 2.05) is 56.3 Å². The van der Waals surface area contributed by atoms with Crippen LogP contribution >= 0.6 is 0 Å². The zero-order valence-electron chi connectivity index (χ0n) is 14.5. The minimum atomic E-state index is -0.183. The maximum atomic E-state index is 12.1. The normalized spacial score (nSPS) is 11.5. The van der Waals surface area contributed by atoms with Crippen LogP contribution < -0.4 is 19.5 Å². The summed E-state index contributed by atoms with van der Waals surface area (Å²) < 4.78 is 16.0. The monoisotopic (exact) mass is 329 g/mol. The van der Waals surface area contributed by atoms with Crippen molar-refractivity contribution in [3.63, 3.8) is 0 Å². The summed E-state index contributed by atoms with van der Waals surface area (Å²) in [6.07, 6.45) is 0. The van der Waals surface area contributed by atoms with E-state index in [2.05, 4.69) is 5.32 Å². The summed E-state index contributed by atoms with van der Waals surface area (Å²) in [7, 11) is 3.17. The molecule has 1 amide bonds. The van der Waals surface area contributed by atoms with Crippen molar-refractivity contribution in [2.45, 2.75) is 19.9 Å². The van der Waals surface area contributed by atoms with Crippen LogP contribution in [0.25, 0.3) is 0 Å². The molecule has 2 aromatic rings. The number of aryl methyl sites for hydroxylation is 1. The molecule has 24 heavy (non-hydrogen) atoms. The molecule has 1 unspecified atom stereocenters.